The molecule has 0 fully saturated rings. The number of nitrogens with two attached hydrogens (primary N) is 1. The number of ether oxygens (including phenoxy) is 1. The lowest BCUT2D eigenvalue weighted by atomic mass is 10.1. The number of benzene rings is 1. The monoisotopic (exact) mass is 273 g/mol. The van der Waals surface area contributed by atoms with Crippen LogP contribution in [0.15, 0.2) is 12.1 Å². The minimum absolute atomic E-state index is 0.154. The van der Waals surface area contributed by atoms with Gasteiger partial charge >= 0.3 is 0 Å². The summed E-state index contributed by atoms with van der Waals surface area (Å²) in [6.07, 6.45) is 0. The van der Waals surface area contributed by atoms with Gasteiger partial charge in [-0.1, -0.05) is 11.6 Å². The van der Waals surface area contributed by atoms with Crippen LogP contribution in [-0.2, 0) is 0 Å². The molecule has 0 aliphatic heterocycles. The number of nitrogen functional groups attached to an aromatic ring is 1. The van der Waals surface area contributed by atoms with Crippen molar-refractivity contribution in [3.8, 4) is 11.8 Å². The van der Waals surface area contributed by atoms with Gasteiger partial charge in [0.15, 0.2) is 5.75 Å². The summed E-state index contributed by atoms with van der Waals surface area (Å²) in [5.74, 6) is 4.94. The fraction of sp³-hybridized carbons (Fsp3) is 0.200. The molecule has 0 bridgehead atoms. The molecule has 7 heteroatoms. The van der Waals surface area contributed by atoms with Crippen molar-refractivity contribution in [2.45, 2.75) is 0 Å². The van der Waals surface area contributed by atoms with Gasteiger partial charge in [-0.3, -0.25) is 10.2 Å². The molecule has 1 aromatic carbocycles. The topological polar surface area (TPSA) is 88.1 Å². The summed E-state index contributed by atoms with van der Waals surface area (Å²) in [6, 6.07) is 4.61. The van der Waals surface area contributed by atoms with Crippen molar-refractivity contribution >= 4 is 29.1 Å². The molecule has 1 amide bonds. The van der Waals surface area contributed by atoms with E-state index in [-0.39, 0.29) is 34.4 Å². The van der Waals surface area contributed by atoms with Crippen LogP contribution in [0.1, 0.15) is 15.9 Å². The number of hydrogen-bond acceptors (Lipinski definition) is 4. The van der Waals surface area contributed by atoms with Crippen LogP contribution < -0.4 is 16.0 Å². The van der Waals surface area contributed by atoms with Crippen LogP contribution in [0, 0.1) is 11.3 Å². The Hall–Kier alpha value is -1.48. The molecule has 1 rings (SSSR count). The van der Waals surface area contributed by atoms with Crippen molar-refractivity contribution in [1.29, 1.82) is 5.26 Å². The number of hydrazine groups is 1. The summed E-state index contributed by atoms with van der Waals surface area (Å²) >= 11 is 11.4. The number of nitrogens with one attached hydrogen (secondary N) is 1. The highest BCUT2D eigenvalue weighted by molar-refractivity contribution is 6.32. The molecule has 0 unspecified atom stereocenters. The lowest BCUT2D eigenvalue weighted by Crippen LogP contribution is -2.30. The molecule has 0 spiro atoms. The van der Waals surface area contributed by atoms with E-state index in [1.165, 1.54) is 12.1 Å². The first-order valence-corrected chi connectivity index (χ1v) is 5.48. The third-order valence-electron chi connectivity index (χ3n) is 1.88. The van der Waals surface area contributed by atoms with E-state index in [9.17, 15) is 4.79 Å². The first kappa shape index (κ1) is 13.6. The molecule has 1 aromatic rings. The van der Waals surface area contributed by atoms with Crippen molar-refractivity contribution < 1.29 is 9.53 Å². The van der Waals surface area contributed by atoms with Crippen molar-refractivity contribution in [3.63, 3.8) is 0 Å². The van der Waals surface area contributed by atoms with E-state index in [0.29, 0.717) is 0 Å². The smallest absolute Gasteiger partial charge is 0.265 e. The summed E-state index contributed by atoms with van der Waals surface area (Å²) in [5.41, 5.74) is 2.29. The van der Waals surface area contributed by atoms with Crippen LogP contribution in [0.5, 0.6) is 5.75 Å². The average Bonchev–Trinajstić information content (AvgIpc) is 2.35. The molecule has 0 aliphatic carbocycles. The molecule has 3 N–H and O–H groups in total. The van der Waals surface area contributed by atoms with Gasteiger partial charge in [-0.25, -0.2) is 5.84 Å². The number of carbonyl (C=O) groups is 1. The Bertz CT molecular complexity index is 471. The Labute approximate surface area is 108 Å². The molecule has 17 heavy (non-hydrogen) atoms. The summed E-state index contributed by atoms with van der Waals surface area (Å²) in [5, 5.41) is 9.10. The lowest BCUT2D eigenvalue weighted by Gasteiger charge is -2.10. The van der Waals surface area contributed by atoms with Crippen LogP contribution in [-0.4, -0.2) is 18.4 Å². The zero-order valence-corrected chi connectivity index (χ0v) is 10.2. The van der Waals surface area contributed by atoms with Gasteiger partial charge in [-0.15, -0.1) is 11.6 Å². The maximum absolute atomic E-state index is 11.3. The van der Waals surface area contributed by atoms with Gasteiger partial charge in [0.1, 0.15) is 12.7 Å². The quantitative estimate of drug-likeness (QED) is 0.376. The molecule has 90 valence electrons. The first-order chi connectivity index (χ1) is 8.13. The number of carbonyl (C=O) groups excluding carboxylic acids is 1. The molecular weight excluding hydrogens is 265 g/mol. The van der Waals surface area contributed by atoms with Crippen LogP contribution in [0.3, 0.4) is 0 Å². The summed E-state index contributed by atoms with van der Waals surface area (Å²) in [6.45, 7) is 0.221. The SMILES string of the molecule is N#Cc1cc(C(=O)NN)cc(Cl)c1OCCCl. The Morgan fingerprint density at radius 3 is 2.82 bits per heavy atom. The zero-order chi connectivity index (χ0) is 12.8. The number of hydrogen-bond donors (Lipinski definition) is 2. The summed E-state index contributed by atoms with van der Waals surface area (Å²) in [7, 11) is 0. The number of rotatable bonds is 4. The molecule has 0 saturated carbocycles. The van der Waals surface area contributed by atoms with Crippen LogP contribution in [0.4, 0.5) is 0 Å². The van der Waals surface area contributed by atoms with Crippen LogP contribution >= 0.6 is 23.2 Å². The highest BCUT2D eigenvalue weighted by Gasteiger charge is 2.14. The average molecular weight is 274 g/mol. The second kappa shape index (κ2) is 6.30. The molecule has 5 nitrogen and oxygen atoms in total. The van der Waals surface area contributed by atoms with E-state index in [2.05, 4.69) is 0 Å². The third kappa shape index (κ3) is 3.24. The van der Waals surface area contributed by atoms with Crippen LogP contribution in [0.25, 0.3) is 0 Å². The largest absolute Gasteiger partial charge is 0.489 e. The number of alkyl halides is 1. The van der Waals surface area contributed by atoms with Crippen molar-refractivity contribution in [2.24, 2.45) is 5.84 Å². The molecule has 0 saturated heterocycles. The maximum atomic E-state index is 11.3. The fourth-order valence-corrected chi connectivity index (χ4v) is 1.53. The first-order valence-electron chi connectivity index (χ1n) is 4.57. The number of amides is 1. The predicted molar refractivity (Wildman–Crippen MR) is 64.0 cm³/mol. The van der Waals surface area contributed by atoms with Gasteiger partial charge in [0, 0.05) is 5.56 Å². The Morgan fingerprint density at radius 1 is 1.59 bits per heavy atom. The Kier molecular flexibility index (Phi) is 5.04. The van der Waals surface area contributed by atoms with E-state index in [0.717, 1.165) is 0 Å². The third-order valence-corrected chi connectivity index (χ3v) is 2.32. The van der Waals surface area contributed by atoms with Gasteiger partial charge in [0.25, 0.3) is 5.91 Å². The van der Waals surface area contributed by atoms with E-state index in [1.54, 1.807) is 0 Å². The Morgan fingerprint density at radius 2 is 2.29 bits per heavy atom. The highest BCUT2D eigenvalue weighted by Crippen LogP contribution is 2.30. The predicted octanol–water partition coefficient (Wildman–Crippen LogP) is 1.43. The number of nitriles is 1. The van der Waals surface area contributed by atoms with E-state index in [1.807, 2.05) is 11.5 Å². The molecular formula is C10H9Cl2N3O2. The standard InChI is InChI=1S/C10H9Cl2N3O2/c11-1-2-17-9-7(5-13)3-6(4-8(9)12)10(16)15-14/h3-4H,1-2,14H2,(H,15,16). The highest BCUT2D eigenvalue weighted by atomic mass is 35.5. The van der Waals surface area contributed by atoms with Crippen LogP contribution in [0.2, 0.25) is 5.02 Å². The number of nitrogens with zero attached hydrogens (tertiary/aromatic N) is 1. The molecule has 0 atom stereocenters. The van der Waals surface area contributed by atoms with Gasteiger partial charge in [-0.05, 0) is 12.1 Å². The van der Waals surface area contributed by atoms with Crippen molar-refractivity contribution in [1.82, 2.24) is 5.43 Å². The summed E-state index contributed by atoms with van der Waals surface area (Å²) < 4.78 is 5.23. The molecule has 0 aliphatic rings. The second-order valence-electron chi connectivity index (χ2n) is 2.96. The summed E-state index contributed by atoms with van der Waals surface area (Å²) in [4.78, 5) is 11.3. The van der Waals surface area contributed by atoms with E-state index >= 15 is 0 Å². The van der Waals surface area contributed by atoms with Gasteiger partial charge in [0.05, 0.1) is 16.5 Å². The molecule has 0 radical (unpaired) electrons. The second-order valence-corrected chi connectivity index (χ2v) is 3.74. The minimum Gasteiger partial charge on any atom is -0.489 e. The number of halogens is 2. The van der Waals surface area contributed by atoms with E-state index in [4.69, 9.17) is 39.0 Å². The molecule has 0 aromatic heterocycles. The van der Waals surface area contributed by atoms with Crippen molar-refractivity contribution in [3.05, 3.63) is 28.3 Å². The normalized spacial score (nSPS) is 9.53. The van der Waals surface area contributed by atoms with E-state index < -0.39 is 5.91 Å². The van der Waals surface area contributed by atoms with Gasteiger partial charge in [-0.2, -0.15) is 5.26 Å². The van der Waals surface area contributed by atoms with Gasteiger partial charge < -0.3 is 4.74 Å². The van der Waals surface area contributed by atoms with Crippen molar-refractivity contribution in [2.75, 3.05) is 12.5 Å². The maximum Gasteiger partial charge on any atom is 0.265 e. The minimum atomic E-state index is -0.535. The zero-order valence-electron chi connectivity index (χ0n) is 8.67. The fourth-order valence-electron chi connectivity index (χ4n) is 1.18. The lowest BCUT2D eigenvalue weighted by molar-refractivity contribution is 0.0953. The molecule has 0 heterocycles. The Balaban J connectivity index is 3.17. The van der Waals surface area contributed by atoms with Gasteiger partial charge in [0.2, 0.25) is 0 Å².